The summed E-state index contributed by atoms with van der Waals surface area (Å²) in [6, 6.07) is 5.54. The Morgan fingerprint density at radius 3 is 2.73 bits per heavy atom. The van der Waals surface area contributed by atoms with Crippen molar-refractivity contribution in [3.05, 3.63) is 36.3 Å². The second-order valence-corrected chi connectivity index (χ2v) is 7.06. The lowest BCUT2D eigenvalue weighted by molar-refractivity contribution is 0.486. The maximum Gasteiger partial charge on any atom is 0.211 e. The zero-order valence-corrected chi connectivity index (χ0v) is 13.6. The van der Waals surface area contributed by atoms with E-state index in [1.165, 1.54) is 10.6 Å². The second kappa shape index (κ2) is 6.80. The molecule has 0 bridgehead atoms. The third-order valence-corrected chi connectivity index (χ3v) is 4.39. The van der Waals surface area contributed by atoms with Crippen molar-refractivity contribution in [1.82, 2.24) is 19.3 Å². The number of pyridine rings is 1. The molecule has 0 aliphatic rings. The Labute approximate surface area is 130 Å². The quantitative estimate of drug-likeness (QED) is 0.858. The molecule has 118 valence electrons. The first kappa shape index (κ1) is 16.3. The van der Waals surface area contributed by atoms with Crippen LogP contribution >= 0.6 is 0 Å². The molecule has 0 atom stereocenters. The highest BCUT2D eigenvalue weighted by molar-refractivity contribution is 7.88. The molecule has 2 heterocycles. The van der Waals surface area contributed by atoms with Crippen molar-refractivity contribution in [3.8, 4) is 11.4 Å². The zero-order valence-electron chi connectivity index (χ0n) is 12.8. The van der Waals surface area contributed by atoms with Gasteiger partial charge >= 0.3 is 0 Å². The molecule has 0 unspecified atom stereocenters. The first-order valence-electron chi connectivity index (χ1n) is 6.77. The van der Waals surface area contributed by atoms with Crippen LogP contribution in [0.5, 0.6) is 0 Å². The lowest BCUT2D eigenvalue weighted by atomic mass is 10.2. The van der Waals surface area contributed by atoms with Gasteiger partial charge in [0.1, 0.15) is 5.82 Å². The summed E-state index contributed by atoms with van der Waals surface area (Å²) in [6.07, 6.45) is 4.58. The molecule has 2 aromatic heterocycles. The largest absolute Gasteiger partial charge is 0.369 e. The number of aromatic nitrogens is 3. The van der Waals surface area contributed by atoms with E-state index in [1.54, 1.807) is 19.4 Å². The monoisotopic (exact) mass is 321 g/mol. The van der Waals surface area contributed by atoms with Crippen LogP contribution in [0.25, 0.3) is 11.4 Å². The Kier molecular flexibility index (Phi) is 5.04. The van der Waals surface area contributed by atoms with Crippen LogP contribution < -0.4 is 5.32 Å². The molecule has 22 heavy (non-hydrogen) atoms. The van der Waals surface area contributed by atoms with E-state index in [-0.39, 0.29) is 0 Å². The standard InChI is InChI=1S/C14H19N5O2S/c1-11-9-13(16-7-8-19(2)22(3,20)21)18-14(17-11)12-5-4-6-15-10-12/h4-6,9-10H,7-8H2,1-3H3,(H,16,17,18). The van der Waals surface area contributed by atoms with E-state index < -0.39 is 10.0 Å². The molecule has 7 nitrogen and oxygen atoms in total. The fourth-order valence-electron chi connectivity index (χ4n) is 1.79. The number of nitrogens with one attached hydrogen (secondary N) is 1. The van der Waals surface area contributed by atoms with Crippen molar-refractivity contribution < 1.29 is 8.42 Å². The fraction of sp³-hybridized carbons (Fsp3) is 0.357. The van der Waals surface area contributed by atoms with Gasteiger partial charge in [-0.05, 0) is 19.1 Å². The first-order valence-corrected chi connectivity index (χ1v) is 8.62. The van der Waals surface area contributed by atoms with Crippen LogP contribution in [0.2, 0.25) is 0 Å². The number of anilines is 1. The third-order valence-electron chi connectivity index (χ3n) is 3.07. The van der Waals surface area contributed by atoms with Crippen LogP contribution in [0.3, 0.4) is 0 Å². The smallest absolute Gasteiger partial charge is 0.211 e. The summed E-state index contributed by atoms with van der Waals surface area (Å²) in [5.41, 5.74) is 1.66. The van der Waals surface area contributed by atoms with Crippen molar-refractivity contribution in [1.29, 1.82) is 0 Å². The minimum absolute atomic E-state index is 0.365. The van der Waals surface area contributed by atoms with E-state index in [1.807, 2.05) is 25.1 Å². The maximum absolute atomic E-state index is 11.3. The molecule has 8 heteroatoms. The van der Waals surface area contributed by atoms with Gasteiger partial charge in [0.2, 0.25) is 10.0 Å². The SMILES string of the molecule is Cc1cc(NCCN(C)S(C)(=O)=O)nc(-c2cccnc2)n1. The molecular weight excluding hydrogens is 302 g/mol. The highest BCUT2D eigenvalue weighted by atomic mass is 32.2. The predicted molar refractivity (Wildman–Crippen MR) is 86.0 cm³/mol. The highest BCUT2D eigenvalue weighted by Gasteiger charge is 2.10. The highest BCUT2D eigenvalue weighted by Crippen LogP contribution is 2.16. The molecule has 0 spiro atoms. The van der Waals surface area contributed by atoms with E-state index in [9.17, 15) is 8.42 Å². The fourth-order valence-corrected chi connectivity index (χ4v) is 2.21. The van der Waals surface area contributed by atoms with Crippen LogP contribution in [0, 0.1) is 6.92 Å². The zero-order chi connectivity index (χ0) is 16.2. The molecule has 0 aliphatic carbocycles. The Morgan fingerprint density at radius 2 is 2.09 bits per heavy atom. The molecule has 0 aliphatic heterocycles. The lowest BCUT2D eigenvalue weighted by Gasteiger charge is -2.15. The van der Waals surface area contributed by atoms with Gasteiger partial charge in [-0.1, -0.05) is 0 Å². The Bertz CT molecular complexity index is 734. The van der Waals surface area contributed by atoms with E-state index >= 15 is 0 Å². The third kappa shape index (κ3) is 4.47. The van der Waals surface area contributed by atoms with Crippen molar-refractivity contribution in [2.75, 3.05) is 31.7 Å². The van der Waals surface area contributed by atoms with Gasteiger partial charge in [0.15, 0.2) is 5.82 Å². The van der Waals surface area contributed by atoms with Gasteiger partial charge in [-0.2, -0.15) is 0 Å². The Balaban J connectivity index is 2.08. The van der Waals surface area contributed by atoms with E-state index in [2.05, 4.69) is 20.3 Å². The summed E-state index contributed by atoms with van der Waals surface area (Å²) in [4.78, 5) is 12.9. The molecule has 0 saturated carbocycles. The minimum atomic E-state index is -3.16. The molecule has 2 rings (SSSR count). The summed E-state index contributed by atoms with van der Waals surface area (Å²) in [5, 5.41) is 3.12. The van der Waals surface area contributed by atoms with Crippen LogP contribution in [0.15, 0.2) is 30.6 Å². The number of aryl methyl sites for hydroxylation is 1. The molecule has 2 aromatic rings. The van der Waals surface area contributed by atoms with Crippen molar-refractivity contribution in [3.63, 3.8) is 0 Å². The number of hydrogen-bond donors (Lipinski definition) is 1. The van der Waals surface area contributed by atoms with Crippen LogP contribution in [0.4, 0.5) is 5.82 Å². The average Bonchev–Trinajstić information content (AvgIpc) is 2.46. The van der Waals surface area contributed by atoms with E-state index in [4.69, 9.17) is 0 Å². The summed E-state index contributed by atoms with van der Waals surface area (Å²) in [5.74, 6) is 1.25. The number of hydrogen-bond acceptors (Lipinski definition) is 6. The number of likely N-dealkylation sites (N-methyl/N-ethyl adjacent to an activating group) is 1. The van der Waals surface area contributed by atoms with Gasteiger partial charge in [-0.3, -0.25) is 4.98 Å². The number of rotatable bonds is 6. The van der Waals surface area contributed by atoms with Crippen molar-refractivity contribution in [2.45, 2.75) is 6.92 Å². The number of nitrogens with zero attached hydrogens (tertiary/aromatic N) is 4. The molecular formula is C14H19N5O2S. The molecule has 1 N–H and O–H groups in total. The van der Waals surface area contributed by atoms with Gasteiger partial charge in [0.05, 0.1) is 6.26 Å². The van der Waals surface area contributed by atoms with Crippen LogP contribution in [-0.2, 0) is 10.0 Å². The van der Waals surface area contributed by atoms with E-state index in [0.29, 0.717) is 24.7 Å². The van der Waals surface area contributed by atoms with Gasteiger partial charge in [0, 0.05) is 49.9 Å². The van der Waals surface area contributed by atoms with Crippen LogP contribution in [0.1, 0.15) is 5.69 Å². The van der Waals surface area contributed by atoms with Gasteiger partial charge in [-0.15, -0.1) is 0 Å². The van der Waals surface area contributed by atoms with Gasteiger partial charge in [-0.25, -0.2) is 22.7 Å². The molecule has 0 amide bonds. The number of sulfonamides is 1. The van der Waals surface area contributed by atoms with Crippen molar-refractivity contribution in [2.24, 2.45) is 0 Å². The normalized spacial score (nSPS) is 11.6. The Morgan fingerprint density at radius 1 is 1.32 bits per heavy atom. The molecule has 0 aromatic carbocycles. The maximum atomic E-state index is 11.3. The molecule has 0 radical (unpaired) electrons. The second-order valence-electron chi connectivity index (χ2n) is 4.97. The first-order chi connectivity index (χ1) is 10.4. The summed E-state index contributed by atoms with van der Waals surface area (Å²) in [7, 11) is -1.62. The topological polar surface area (TPSA) is 88.1 Å². The summed E-state index contributed by atoms with van der Waals surface area (Å²) >= 11 is 0. The minimum Gasteiger partial charge on any atom is -0.369 e. The van der Waals surface area contributed by atoms with Gasteiger partial charge < -0.3 is 5.32 Å². The lowest BCUT2D eigenvalue weighted by Crippen LogP contribution is -2.30. The summed E-state index contributed by atoms with van der Waals surface area (Å²) in [6.45, 7) is 2.71. The van der Waals surface area contributed by atoms with Crippen LogP contribution in [-0.4, -0.2) is 54.1 Å². The average molecular weight is 321 g/mol. The summed E-state index contributed by atoms with van der Waals surface area (Å²) < 4.78 is 24.0. The Hall–Kier alpha value is -2.06. The molecule has 0 fully saturated rings. The van der Waals surface area contributed by atoms with E-state index in [0.717, 1.165) is 11.3 Å². The van der Waals surface area contributed by atoms with Crippen molar-refractivity contribution >= 4 is 15.8 Å². The van der Waals surface area contributed by atoms with Gasteiger partial charge in [0.25, 0.3) is 0 Å². The molecule has 0 saturated heterocycles. The predicted octanol–water partition coefficient (Wildman–Crippen LogP) is 1.15.